The third-order valence-corrected chi connectivity index (χ3v) is 2.92. The van der Waals surface area contributed by atoms with Crippen LogP contribution >= 0.6 is 0 Å². The molecule has 0 aliphatic rings. The van der Waals surface area contributed by atoms with Gasteiger partial charge in [-0.15, -0.1) is 0 Å². The van der Waals surface area contributed by atoms with E-state index in [1.54, 1.807) is 25.0 Å². The van der Waals surface area contributed by atoms with Crippen molar-refractivity contribution in [2.45, 2.75) is 13.0 Å². The minimum absolute atomic E-state index is 0.286. The molecule has 1 atom stereocenters. The van der Waals surface area contributed by atoms with Gasteiger partial charge in [-0.2, -0.15) is 5.10 Å². The Morgan fingerprint density at radius 3 is 2.56 bits per heavy atom. The minimum Gasteiger partial charge on any atom is -0.309 e. The number of aromatic nitrogens is 2. The van der Waals surface area contributed by atoms with Crippen LogP contribution < -0.4 is 5.32 Å². The molecular weight excluding hydrogens is 236 g/mol. The van der Waals surface area contributed by atoms with Crippen LogP contribution in [0, 0.1) is 18.6 Å². The van der Waals surface area contributed by atoms with Crippen molar-refractivity contribution in [2.24, 2.45) is 7.05 Å². The molecule has 18 heavy (non-hydrogen) atoms. The minimum atomic E-state index is -0.451. The average molecular weight is 251 g/mol. The first kappa shape index (κ1) is 12.7. The van der Waals surface area contributed by atoms with E-state index >= 15 is 0 Å². The van der Waals surface area contributed by atoms with Crippen molar-refractivity contribution in [2.75, 3.05) is 7.05 Å². The molecule has 0 saturated carbocycles. The van der Waals surface area contributed by atoms with Crippen molar-refractivity contribution in [3.05, 3.63) is 52.9 Å². The van der Waals surface area contributed by atoms with Gasteiger partial charge in [-0.3, -0.25) is 4.68 Å². The Labute approximate surface area is 104 Å². The number of hydrogen-bond acceptors (Lipinski definition) is 2. The highest BCUT2D eigenvalue weighted by atomic mass is 19.1. The van der Waals surface area contributed by atoms with Crippen molar-refractivity contribution >= 4 is 0 Å². The van der Waals surface area contributed by atoms with Gasteiger partial charge in [0.15, 0.2) is 0 Å². The SMILES string of the molecule is CNC(c1cc(F)ccc1F)c1cn(C)nc1C. The molecule has 0 amide bonds. The van der Waals surface area contributed by atoms with Crippen LogP contribution in [0.3, 0.4) is 0 Å². The van der Waals surface area contributed by atoms with Crippen LogP contribution in [0.1, 0.15) is 22.9 Å². The summed E-state index contributed by atoms with van der Waals surface area (Å²) < 4.78 is 28.7. The van der Waals surface area contributed by atoms with Crippen LogP contribution in [-0.2, 0) is 7.05 Å². The van der Waals surface area contributed by atoms with Gasteiger partial charge in [-0.25, -0.2) is 8.78 Å². The zero-order chi connectivity index (χ0) is 13.3. The highest BCUT2D eigenvalue weighted by Crippen LogP contribution is 2.26. The van der Waals surface area contributed by atoms with Crippen LogP contribution in [0.2, 0.25) is 0 Å². The second-order valence-electron chi connectivity index (χ2n) is 4.23. The first-order valence-electron chi connectivity index (χ1n) is 5.65. The van der Waals surface area contributed by atoms with Gasteiger partial charge in [0.2, 0.25) is 0 Å². The van der Waals surface area contributed by atoms with Crippen molar-refractivity contribution in [1.29, 1.82) is 0 Å². The summed E-state index contributed by atoms with van der Waals surface area (Å²) >= 11 is 0. The Morgan fingerprint density at radius 1 is 1.28 bits per heavy atom. The van der Waals surface area contributed by atoms with Gasteiger partial charge in [0.1, 0.15) is 11.6 Å². The first-order chi connectivity index (χ1) is 8.52. The Balaban J connectivity index is 2.51. The lowest BCUT2D eigenvalue weighted by atomic mass is 9.99. The molecule has 1 heterocycles. The lowest BCUT2D eigenvalue weighted by molar-refractivity contribution is 0.557. The molecule has 1 aromatic heterocycles. The van der Waals surface area contributed by atoms with Gasteiger partial charge in [0.25, 0.3) is 0 Å². The molecule has 3 nitrogen and oxygen atoms in total. The van der Waals surface area contributed by atoms with E-state index in [1.807, 2.05) is 6.92 Å². The van der Waals surface area contributed by atoms with Crippen LogP contribution in [0.15, 0.2) is 24.4 Å². The first-order valence-corrected chi connectivity index (χ1v) is 5.65. The van der Waals surface area contributed by atoms with E-state index in [0.29, 0.717) is 0 Å². The molecule has 96 valence electrons. The molecule has 0 radical (unpaired) electrons. The zero-order valence-corrected chi connectivity index (χ0v) is 10.5. The Kier molecular flexibility index (Phi) is 3.43. The quantitative estimate of drug-likeness (QED) is 0.907. The monoisotopic (exact) mass is 251 g/mol. The van der Waals surface area contributed by atoms with Crippen LogP contribution in [0.4, 0.5) is 8.78 Å². The summed E-state index contributed by atoms with van der Waals surface area (Å²) in [6, 6.07) is 3.06. The Hall–Kier alpha value is -1.75. The normalized spacial score (nSPS) is 12.7. The molecule has 5 heteroatoms. The molecule has 0 aliphatic heterocycles. The molecule has 0 fully saturated rings. The van der Waals surface area contributed by atoms with Crippen LogP contribution in [-0.4, -0.2) is 16.8 Å². The Bertz CT molecular complexity index is 563. The molecular formula is C13H15F2N3. The number of aryl methyl sites for hydroxylation is 2. The smallest absolute Gasteiger partial charge is 0.128 e. The fraction of sp³-hybridized carbons (Fsp3) is 0.308. The molecule has 0 spiro atoms. The van der Waals surface area contributed by atoms with Crippen molar-refractivity contribution in [3.63, 3.8) is 0 Å². The highest BCUT2D eigenvalue weighted by molar-refractivity contribution is 5.33. The van der Waals surface area contributed by atoms with Gasteiger partial charge < -0.3 is 5.32 Å². The fourth-order valence-electron chi connectivity index (χ4n) is 2.12. The summed E-state index contributed by atoms with van der Waals surface area (Å²) in [7, 11) is 3.51. The van der Waals surface area contributed by atoms with Crippen molar-refractivity contribution in [1.82, 2.24) is 15.1 Å². The topological polar surface area (TPSA) is 29.9 Å². The number of nitrogens with zero attached hydrogens (tertiary/aromatic N) is 2. The van der Waals surface area contributed by atoms with E-state index in [-0.39, 0.29) is 5.56 Å². The second-order valence-corrected chi connectivity index (χ2v) is 4.23. The summed E-state index contributed by atoms with van der Waals surface area (Å²) in [4.78, 5) is 0. The highest BCUT2D eigenvalue weighted by Gasteiger charge is 2.20. The van der Waals surface area contributed by atoms with Crippen molar-refractivity contribution in [3.8, 4) is 0 Å². The maximum absolute atomic E-state index is 13.8. The number of benzene rings is 1. The van der Waals surface area contributed by atoms with E-state index in [0.717, 1.165) is 23.4 Å². The maximum atomic E-state index is 13.8. The molecule has 0 bridgehead atoms. The van der Waals surface area contributed by atoms with Gasteiger partial charge in [0.05, 0.1) is 11.7 Å². The molecule has 0 saturated heterocycles. The number of halogens is 2. The number of nitrogens with one attached hydrogen (secondary N) is 1. The summed E-state index contributed by atoms with van der Waals surface area (Å²) in [6.45, 7) is 1.84. The summed E-state index contributed by atoms with van der Waals surface area (Å²) in [5, 5.41) is 7.21. The van der Waals surface area contributed by atoms with E-state index in [1.165, 1.54) is 6.07 Å². The van der Waals surface area contributed by atoms with Crippen molar-refractivity contribution < 1.29 is 8.78 Å². The standard InChI is InChI=1S/C13H15F2N3/c1-8-11(7-18(3)17-8)13(16-2)10-6-9(14)4-5-12(10)15/h4-7,13,16H,1-3H3. The molecule has 2 rings (SSSR count). The van der Waals surface area contributed by atoms with E-state index in [4.69, 9.17) is 0 Å². The number of hydrogen-bond donors (Lipinski definition) is 1. The molecule has 0 aliphatic carbocycles. The van der Waals surface area contributed by atoms with Crippen LogP contribution in [0.5, 0.6) is 0 Å². The lowest BCUT2D eigenvalue weighted by Crippen LogP contribution is -2.19. The average Bonchev–Trinajstić information content (AvgIpc) is 2.64. The molecule has 1 N–H and O–H groups in total. The maximum Gasteiger partial charge on any atom is 0.128 e. The van der Waals surface area contributed by atoms with E-state index in [9.17, 15) is 8.78 Å². The summed E-state index contributed by atoms with van der Waals surface area (Å²) in [5.74, 6) is -0.882. The Morgan fingerprint density at radius 2 is 2.00 bits per heavy atom. The van der Waals surface area contributed by atoms with Gasteiger partial charge in [-0.05, 0) is 32.2 Å². The van der Waals surface area contributed by atoms with Gasteiger partial charge >= 0.3 is 0 Å². The molecule has 1 aromatic carbocycles. The molecule has 2 aromatic rings. The zero-order valence-electron chi connectivity index (χ0n) is 10.5. The van der Waals surface area contributed by atoms with E-state index < -0.39 is 17.7 Å². The summed E-state index contributed by atoms with van der Waals surface area (Å²) in [5.41, 5.74) is 1.92. The third-order valence-electron chi connectivity index (χ3n) is 2.92. The van der Waals surface area contributed by atoms with Crippen LogP contribution in [0.25, 0.3) is 0 Å². The number of rotatable bonds is 3. The van der Waals surface area contributed by atoms with E-state index in [2.05, 4.69) is 10.4 Å². The predicted octanol–water partition coefficient (Wildman–Crippen LogP) is 2.32. The second kappa shape index (κ2) is 4.86. The fourth-order valence-corrected chi connectivity index (χ4v) is 2.12. The van der Waals surface area contributed by atoms with Gasteiger partial charge in [0, 0.05) is 24.4 Å². The third kappa shape index (κ3) is 2.26. The van der Waals surface area contributed by atoms with Gasteiger partial charge in [-0.1, -0.05) is 0 Å². The molecule has 1 unspecified atom stereocenters. The lowest BCUT2D eigenvalue weighted by Gasteiger charge is -2.16. The predicted molar refractivity (Wildman–Crippen MR) is 65.2 cm³/mol. The summed E-state index contributed by atoms with van der Waals surface area (Å²) in [6.07, 6.45) is 1.81. The largest absolute Gasteiger partial charge is 0.309 e.